The average Bonchev–Trinajstić information content (AvgIpc) is 2.20. The van der Waals surface area contributed by atoms with Gasteiger partial charge < -0.3 is 0 Å². The molecule has 0 heterocycles. The fourth-order valence-electron chi connectivity index (χ4n) is 1.20. The summed E-state index contributed by atoms with van der Waals surface area (Å²) in [6, 6.07) is 0. The summed E-state index contributed by atoms with van der Waals surface area (Å²) >= 11 is 0. The van der Waals surface area contributed by atoms with Crippen LogP contribution >= 0.6 is 0 Å². The first-order chi connectivity index (χ1) is 6.81. The molecule has 0 aliphatic rings. The Morgan fingerprint density at radius 1 is 1.00 bits per heavy atom. The van der Waals surface area contributed by atoms with Crippen LogP contribution in [0.2, 0.25) is 0 Å². The maximum atomic E-state index is 11.1. The van der Waals surface area contributed by atoms with Crippen LogP contribution in [0.5, 0.6) is 0 Å². The molecule has 0 rings (SSSR count). The van der Waals surface area contributed by atoms with Crippen LogP contribution in [0.3, 0.4) is 0 Å². The van der Waals surface area contributed by atoms with Crippen LogP contribution in [0.15, 0.2) is 0 Å². The van der Waals surface area contributed by atoms with Crippen molar-refractivity contribution in [1.29, 1.82) is 0 Å². The normalized spacial score (nSPS) is 9.29. The van der Waals surface area contributed by atoms with Crippen molar-refractivity contribution in [1.82, 2.24) is 0 Å². The van der Waals surface area contributed by atoms with Crippen LogP contribution in [0.1, 0.15) is 65.2 Å². The van der Waals surface area contributed by atoms with Gasteiger partial charge in [0.05, 0.1) is 0 Å². The highest BCUT2D eigenvalue weighted by molar-refractivity contribution is 5.95. The predicted molar refractivity (Wildman–Crippen MR) is 61.1 cm³/mol. The van der Waals surface area contributed by atoms with E-state index in [-0.39, 0.29) is 5.78 Å². The highest BCUT2D eigenvalue weighted by Gasteiger charge is 1.93. The van der Waals surface area contributed by atoms with Gasteiger partial charge >= 0.3 is 0 Å². The molecule has 0 bridgehead atoms. The molecule has 1 heteroatoms. The lowest BCUT2D eigenvalue weighted by atomic mass is 10.1. The van der Waals surface area contributed by atoms with Crippen LogP contribution in [0.25, 0.3) is 0 Å². The number of rotatable bonds is 7. The minimum atomic E-state index is 0.113. The van der Waals surface area contributed by atoms with Crippen LogP contribution < -0.4 is 0 Å². The third-order valence-corrected chi connectivity index (χ3v) is 2.14. The predicted octanol–water partition coefficient (Wildman–Crippen LogP) is 3.72. The Morgan fingerprint density at radius 3 is 2.36 bits per heavy atom. The Bertz CT molecular complexity index is 195. The number of ketones is 1. The molecule has 0 fully saturated rings. The van der Waals surface area contributed by atoms with Crippen molar-refractivity contribution in [3.63, 3.8) is 0 Å². The second-order valence-electron chi connectivity index (χ2n) is 3.64. The van der Waals surface area contributed by atoms with Gasteiger partial charge in [-0.2, -0.15) is 0 Å². The van der Waals surface area contributed by atoms with Crippen molar-refractivity contribution in [3.05, 3.63) is 0 Å². The van der Waals surface area contributed by atoms with E-state index < -0.39 is 0 Å². The standard InChI is InChI=1S/C13H22O/c1-3-5-7-8-9-10-12-13(14)11-6-4-2/h3-9,11H2,1-2H3. The van der Waals surface area contributed by atoms with Gasteiger partial charge in [-0.25, -0.2) is 0 Å². The molecule has 0 aromatic heterocycles. The van der Waals surface area contributed by atoms with Crippen molar-refractivity contribution in [2.24, 2.45) is 0 Å². The van der Waals surface area contributed by atoms with E-state index in [0.29, 0.717) is 6.42 Å². The summed E-state index contributed by atoms with van der Waals surface area (Å²) < 4.78 is 0. The molecule has 1 nitrogen and oxygen atoms in total. The molecule has 0 aliphatic heterocycles. The summed E-state index contributed by atoms with van der Waals surface area (Å²) in [5.74, 6) is 5.77. The fraction of sp³-hybridized carbons (Fsp3) is 0.769. The minimum absolute atomic E-state index is 0.113. The third-order valence-electron chi connectivity index (χ3n) is 2.14. The number of hydrogen-bond donors (Lipinski definition) is 0. The first-order valence-corrected chi connectivity index (χ1v) is 5.83. The second kappa shape index (κ2) is 10.3. The van der Waals surface area contributed by atoms with E-state index in [9.17, 15) is 4.79 Å². The highest BCUT2D eigenvalue weighted by atomic mass is 16.1. The molecule has 0 N–H and O–H groups in total. The number of carbonyl (C=O) groups excluding carboxylic acids is 1. The summed E-state index contributed by atoms with van der Waals surface area (Å²) in [5, 5.41) is 0. The zero-order valence-electron chi connectivity index (χ0n) is 9.57. The van der Waals surface area contributed by atoms with Crippen LogP contribution in [-0.2, 0) is 4.79 Å². The minimum Gasteiger partial charge on any atom is -0.285 e. The molecule has 0 aliphatic carbocycles. The van der Waals surface area contributed by atoms with Crippen molar-refractivity contribution in [2.75, 3.05) is 0 Å². The quantitative estimate of drug-likeness (QED) is 0.343. The molecular formula is C13H22O. The third kappa shape index (κ3) is 9.32. The summed E-state index contributed by atoms with van der Waals surface area (Å²) in [7, 11) is 0. The topological polar surface area (TPSA) is 17.1 Å². The van der Waals surface area contributed by atoms with E-state index in [1.807, 2.05) is 0 Å². The number of carbonyl (C=O) groups is 1. The van der Waals surface area contributed by atoms with Gasteiger partial charge in [0.2, 0.25) is 5.78 Å². The van der Waals surface area contributed by atoms with Crippen LogP contribution in [0.4, 0.5) is 0 Å². The number of hydrogen-bond acceptors (Lipinski definition) is 1. The van der Waals surface area contributed by atoms with Crippen LogP contribution in [0, 0.1) is 11.8 Å². The van der Waals surface area contributed by atoms with Gasteiger partial charge in [-0.1, -0.05) is 45.5 Å². The lowest BCUT2D eigenvalue weighted by Gasteiger charge is -1.92. The largest absolute Gasteiger partial charge is 0.285 e. The number of Topliss-reactive ketones (excluding diaryl/α,β-unsaturated/α-hetero) is 1. The molecule has 0 spiro atoms. The first kappa shape index (κ1) is 13.2. The molecule has 0 saturated carbocycles. The zero-order valence-corrected chi connectivity index (χ0v) is 9.57. The Morgan fingerprint density at radius 2 is 1.71 bits per heavy atom. The Hall–Kier alpha value is -0.770. The van der Waals surface area contributed by atoms with Gasteiger partial charge in [-0.05, 0) is 18.8 Å². The van der Waals surface area contributed by atoms with Crippen LogP contribution in [-0.4, -0.2) is 5.78 Å². The van der Waals surface area contributed by atoms with Crippen molar-refractivity contribution in [2.45, 2.75) is 65.2 Å². The van der Waals surface area contributed by atoms with E-state index in [0.717, 1.165) is 25.7 Å². The lowest BCUT2D eigenvalue weighted by molar-refractivity contribution is -0.113. The van der Waals surface area contributed by atoms with Gasteiger partial charge in [0.1, 0.15) is 0 Å². The lowest BCUT2D eigenvalue weighted by Crippen LogP contribution is -1.91. The summed E-state index contributed by atoms with van der Waals surface area (Å²) in [6.07, 6.45) is 8.49. The molecule has 0 aromatic rings. The summed E-state index contributed by atoms with van der Waals surface area (Å²) in [5.41, 5.74) is 0. The maximum absolute atomic E-state index is 11.1. The van der Waals surface area contributed by atoms with E-state index in [4.69, 9.17) is 0 Å². The Labute approximate surface area is 88.3 Å². The molecule has 14 heavy (non-hydrogen) atoms. The second-order valence-corrected chi connectivity index (χ2v) is 3.64. The van der Waals surface area contributed by atoms with Crippen molar-refractivity contribution >= 4 is 5.78 Å². The van der Waals surface area contributed by atoms with E-state index in [1.54, 1.807) is 0 Å². The summed E-state index contributed by atoms with van der Waals surface area (Å²) in [6.45, 7) is 4.28. The highest BCUT2D eigenvalue weighted by Crippen LogP contribution is 2.01. The maximum Gasteiger partial charge on any atom is 0.205 e. The molecule has 0 radical (unpaired) electrons. The average molecular weight is 194 g/mol. The van der Waals surface area contributed by atoms with Gasteiger partial charge in [0.15, 0.2) is 0 Å². The van der Waals surface area contributed by atoms with Gasteiger partial charge in [-0.15, -0.1) is 0 Å². The fourth-order valence-corrected chi connectivity index (χ4v) is 1.20. The summed E-state index contributed by atoms with van der Waals surface area (Å²) in [4.78, 5) is 11.1. The molecule has 0 saturated heterocycles. The molecule has 0 atom stereocenters. The molecule has 80 valence electrons. The molecule has 0 aromatic carbocycles. The molecule has 0 amide bonds. The molecular weight excluding hydrogens is 172 g/mol. The Balaban J connectivity index is 3.36. The SMILES string of the molecule is CCCCCCC#CC(=O)CCCC. The molecule has 0 unspecified atom stereocenters. The van der Waals surface area contributed by atoms with Gasteiger partial charge in [0.25, 0.3) is 0 Å². The van der Waals surface area contributed by atoms with E-state index in [2.05, 4.69) is 25.7 Å². The van der Waals surface area contributed by atoms with Gasteiger partial charge in [-0.3, -0.25) is 4.79 Å². The zero-order chi connectivity index (χ0) is 10.6. The smallest absolute Gasteiger partial charge is 0.205 e. The van der Waals surface area contributed by atoms with Gasteiger partial charge in [0, 0.05) is 12.8 Å². The van der Waals surface area contributed by atoms with E-state index in [1.165, 1.54) is 19.3 Å². The first-order valence-electron chi connectivity index (χ1n) is 5.83. The van der Waals surface area contributed by atoms with Crippen molar-refractivity contribution < 1.29 is 4.79 Å². The Kier molecular flexibility index (Phi) is 9.74. The number of unbranched alkanes of at least 4 members (excludes halogenated alkanes) is 5. The van der Waals surface area contributed by atoms with Crippen molar-refractivity contribution in [3.8, 4) is 11.8 Å². The van der Waals surface area contributed by atoms with E-state index >= 15 is 0 Å². The monoisotopic (exact) mass is 194 g/mol.